The first-order valence-electron chi connectivity index (χ1n) is 9.39. The van der Waals surface area contributed by atoms with Gasteiger partial charge in [-0.05, 0) is 6.07 Å². The second-order valence-electron chi connectivity index (χ2n) is 6.92. The van der Waals surface area contributed by atoms with Gasteiger partial charge in [0.1, 0.15) is 42.4 Å². The number of rotatable bonds is 10. The number of nitrogen functional groups attached to an aromatic ring is 1. The third-order valence-corrected chi connectivity index (χ3v) is 6.39. The number of hydrogen-bond donors (Lipinski definition) is 11. The summed E-state index contributed by atoms with van der Waals surface area (Å²) in [5.41, 5.74) is 4.45. The van der Waals surface area contributed by atoms with Gasteiger partial charge in [0.25, 0.3) is 0 Å². The van der Waals surface area contributed by atoms with Crippen molar-refractivity contribution in [3.63, 3.8) is 0 Å². The average molecular weight is 555 g/mol. The molecule has 1 fully saturated rings. The molecule has 1 aromatic rings. The molecule has 0 spiro atoms. The van der Waals surface area contributed by atoms with E-state index in [1.165, 1.54) is 6.07 Å². The highest BCUT2D eigenvalue weighted by Crippen LogP contribution is 2.57. The van der Waals surface area contributed by atoms with E-state index in [4.69, 9.17) is 50.7 Å². The van der Waals surface area contributed by atoms with E-state index in [0.29, 0.717) is 0 Å². The van der Waals surface area contributed by atoms with Gasteiger partial charge >= 0.3 is 21.3 Å². The number of aliphatic hydroxyl groups excluding tert-OH is 7. The van der Waals surface area contributed by atoms with Crippen LogP contribution in [0, 0.1) is 0 Å². The van der Waals surface area contributed by atoms with Crippen molar-refractivity contribution in [2.45, 2.75) is 42.9 Å². The summed E-state index contributed by atoms with van der Waals surface area (Å²) in [6.07, 6.45) is -9.22. The first-order valence-corrected chi connectivity index (χ1v) is 12.4. The number of nitrogens with two attached hydrogens (primary N) is 1. The molecule has 2 heterocycles. The summed E-state index contributed by atoms with van der Waals surface area (Å²) in [5, 5.41) is 62.4. The fraction of sp³-hybridized carbons (Fsp3) is 0.714. The molecule has 2 rings (SSSR count). The summed E-state index contributed by atoms with van der Waals surface area (Å²) < 4.78 is 35.8. The molecule has 8 atom stereocenters. The van der Waals surface area contributed by atoms with Crippen LogP contribution in [0.1, 0.15) is 6.23 Å². The number of aliphatic hydroxyl groups is 7. The summed E-state index contributed by atoms with van der Waals surface area (Å²) >= 11 is 0. The van der Waals surface area contributed by atoms with Crippen LogP contribution in [0.2, 0.25) is 0 Å². The van der Waals surface area contributed by atoms with Gasteiger partial charge in [0.2, 0.25) is 0 Å². The lowest BCUT2D eigenvalue weighted by Gasteiger charge is -2.19. The minimum Gasteiger partial charge on any atom is -0.394 e. The summed E-state index contributed by atoms with van der Waals surface area (Å²) in [4.78, 5) is 41.3. The Bertz CT molecular complexity index is 948. The predicted molar refractivity (Wildman–Crippen MR) is 110 cm³/mol. The molecule has 0 radical (unpaired) electrons. The van der Waals surface area contributed by atoms with Crippen molar-refractivity contribution in [2.24, 2.45) is 0 Å². The first kappa shape index (κ1) is 31.6. The molecule has 19 nitrogen and oxygen atoms in total. The molecule has 0 amide bonds. The molecule has 1 aliphatic rings. The topological polar surface area (TPSA) is 325 Å². The molecule has 2 unspecified atom stereocenters. The average Bonchev–Trinajstić information content (AvgIpc) is 3.03. The predicted octanol–water partition coefficient (Wildman–Crippen LogP) is -5.28. The second kappa shape index (κ2) is 13.2. The highest BCUT2D eigenvalue weighted by Gasteiger charge is 2.45. The van der Waals surface area contributed by atoms with Crippen LogP contribution in [-0.2, 0) is 22.7 Å². The normalized spacial score (nSPS) is 26.8. The van der Waals surface area contributed by atoms with Gasteiger partial charge in [0.05, 0.1) is 19.8 Å². The number of ether oxygens (including phenoxy) is 1. The molecule has 35 heavy (non-hydrogen) atoms. The number of phosphoric ester groups is 1. The third-order valence-electron chi connectivity index (χ3n) is 4.24. The maximum absolute atomic E-state index is 11.7. The van der Waals surface area contributed by atoms with Crippen LogP contribution < -0.4 is 11.4 Å². The molecule has 204 valence electrons. The molecular weight excluding hydrogens is 528 g/mol. The molecule has 0 saturated carbocycles. The van der Waals surface area contributed by atoms with Gasteiger partial charge in [0.15, 0.2) is 6.23 Å². The Morgan fingerprint density at radius 2 is 1.63 bits per heavy atom. The Balaban J connectivity index is 0.000000518. The first-order chi connectivity index (χ1) is 16.0. The molecule has 21 heteroatoms. The summed E-state index contributed by atoms with van der Waals surface area (Å²) in [6, 6.07) is 1.24. The van der Waals surface area contributed by atoms with Gasteiger partial charge in [0, 0.05) is 6.20 Å². The molecule has 1 aliphatic heterocycles. The van der Waals surface area contributed by atoms with Crippen LogP contribution >= 0.6 is 15.6 Å². The van der Waals surface area contributed by atoms with Crippen molar-refractivity contribution >= 4 is 21.5 Å². The quantitative estimate of drug-likeness (QED) is 0.120. The number of nitrogens with zero attached hydrogens (tertiary/aromatic N) is 2. The fourth-order valence-corrected chi connectivity index (χ4v) is 4.11. The van der Waals surface area contributed by atoms with E-state index in [1.807, 2.05) is 0 Å². The molecule has 1 saturated heterocycles. The Morgan fingerprint density at radius 3 is 2.09 bits per heavy atom. The number of hydrogen-bond acceptors (Lipinski definition) is 15. The van der Waals surface area contributed by atoms with Crippen molar-refractivity contribution in [3.05, 3.63) is 22.7 Å². The minimum atomic E-state index is -5.30. The number of aromatic nitrogens is 2. The lowest BCUT2D eigenvalue weighted by atomic mass is 10.1. The Morgan fingerprint density at radius 1 is 1.09 bits per heavy atom. The highest BCUT2D eigenvalue weighted by molar-refractivity contribution is 7.60. The summed E-state index contributed by atoms with van der Waals surface area (Å²) in [5.74, 6) is -0.0787. The highest BCUT2D eigenvalue weighted by atomic mass is 31.3. The summed E-state index contributed by atoms with van der Waals surface area (Å²) in [7, 11) is -10.5. The van der Waals surface area contributed by atoms with Gasteiger partial charge in [-0.3, -0.25) is 9.09 Å². The van der Waals surface area contributed by atoms with Gasteiger partial charge in [-0.15, -0.1) is 0 Å². The lowest BCUT2D eigenvalue weighted by molar-refractivity contribution is -0.0900. The lowest BCUT2D eigenvalue weighted by Crippen LogP contribution is -2.41. The van der Waals surface area contributed by atoms with Crippen LogP contribution in [0.5, 0.6) is 0 Å². The van der Waals surface area contributed by atoms with Crippen molar-refractivity contribution < 1.29 is 73.1 Å². The van der Waals surface area contributed by atoms with E-state index < -0.39 is 84.0 Å². The SMILES string of the molecule is Nc1ccn([C@@H]2O[C@H](COP(=O)(O)OP(=O)(O)O)[C@@H](O)[C@H]2O)c(=O)n1.OC[C@@H](O)C(O)[C@@H](O)CO. The Labute approximate surface area is 196 Å². The van der Waals surface area contributed by atoms with Crippen molar-refractivity contribution in [1.29, 1.82) is 0 Å². The molecule has 1 aromatic heterocycles. The van der Waals surface area contributed by atoms with Crippen LogP contribution in [0.3, 0.4) is 0 Å². The molecule has 0 aliphatic carbocycles. The molecule has 0 aromatic carbocycles. The van der Waals surface area contributed by atoms with Crippen LogP contribution in [-0.4, -0.2) is 116 Å². The van der Waals surface area contributed by atoms with Crippen LogP contribution in [0.4, 0.5) is 5.82 Å². The molecule has 12 N–H and O–H groups in total. The maximum atomic E-state index is 11.7. The van der Waals surface area contributed by atoms with E-state index in [2.05, 4.69) is 13.8 Å². The Kier molecular flexibility index (Phi) is 12.0. The van der Waals surface area contributed by atoms with Gasteiger partial charge in [-0.25, -0.2) is 13.9 Å². The van der Waals surface area contributed by atoms with E-state index in [-0.39, 0.29) is 5.82 Å². The zero-order valence-electron chi connectivity index (χ0n) is 17.6. The van der Waals surface area contributed by atoms with Crippen molar-refractivity contribution in [3.8, 4) is 0 Å². The standard InChI is InChI=1S/C9H15N3O11P2.C5H12O5/c10-5-1-2-12(9(15)11-5)8-7(14)6(13)4(22-8)3-21-25(19,20)23-24(16,17)18;6-1-3(8)5(10)4(9)2-7/h1-2,4,6-8,13-14H,3H2,(H,19,20)(H2,10,11,15)(H2,16,17,18);3-10H,1-2H2/t4-,6-,7-,8-;3-,4+,5?/m1./s1. The smallest absolute Gasteiger partial charge is 0.394 e. The van der Waals surface area contributed by atoms with Gasteiger partial charge in [-0.1, -0.05) is 0 Å². The largest absolute Gasteiger partial charge is 0.481 e. The van der Waals surface area contributed by atoms with Crippen LogP contribution in [0.25, 0.3) is 0 Å². The zero-order valence-corrected chi connectivity index (χ0v) is 19.4. The number of phosphoric acid groups is 2. The fourth-order valence-electron chi connectivity index (χ4n) is 2.51. The van der Waals surface area contributed by atoms with Crippen LogP contribution in [0.15, 0.2) is 17.1 Å². The molecule has 0 bridgehead atoms. The van der Waals surface area contributed by atoms with Gasteiger partial charge < -0.3 is 60.9 Å². The van der Waals surface area contributed by atoms with Crippen molar-refractivity contribution in [2.75, 3.05) is 25.6 Å². The monoisotopic (exact) mass is 555 g/mol. The summed E-state index contributed by atoms with van der Waals surface area (Å²) in [6.45, 7) is -2.16. The maximum Gasteiger partial charge on any atom is 0.481 e. The minimum absolute atomic E-state index is 0.0787. The third kappa shape index (κ3) is 9.89. The van der Waals surface area contributed by atoms with Gasteiger partial charge in [-0.2, -0.15) is 9.29 Å². The molecular formula is C14H27N3O16P2. The van der Waals surface area contributed by atoms with E-state index in [9.17, 15) is 24.1 Å². The zero-order chi connectivity index (χ0) is 27.1. The second-order valence-corrected chi connectivity index (χ2v) is 9.75. The van der Waals surface area contributed by atoms with Crippen molar-refractivity contribution in [1.82, 2.24) is 9.55 Å². The van der Waals surface area contributed by atoms with E-state index in [0.717, 1.165) is 10.8 Å². The van der Waals surface area contributed by atoms with E-state index >= 15 is 0 Å². The Hall–Kier alpha value is -1.38. The van der Waals surface area contributed by atoms with E-state index in [1.54, 1.807) is 0 Å². The number of anilines is 1.